The minimum atomic E-state index is -1.05. The lowest BCUT2D eigenvalue weighted by Gasteiger charge is -2.12. The lowest BCUT2D eigenvalue weighted by Crippen LogP contribution is -2.22. The minimum Gasteiger partial charge on any atom is -0.478 e. The molecule has 2 N–H and O–H groups in total. The number of carboxylic acids is 2. The molecule has 42 heavy (non-hydrogen) atoms. The number of fused-ring (bicyclic) bond motifs is 1. The average molecular weight is 555 g/mol. The maximum absolute atomic E-state index is 13.3. The van der Waals surface area contributed by atoms with Crippen molar-refractivity contribution in [3.63, 3.8) is 0 Å². The molecule has 0 aliphatic heterocycles. The lowest BCUT2D eigenvalue weighted by molar-refractivity contribution is 0.0686. The fourth-order valence-corrected chi connectivity index (χ4v) is 4.66. The van der Waals surface area contributed by atoms with Gasteiger partial charge >= 0.3 is 11.9 Å². The molecular weight excluding hydrogens is 532 g/mol. The van der Waals surface area contributed by atoms with E-state index in [9.17, 15) is 19.5 Å². The summed E-state index contributed by atoms with van der Waals surface area (Å²) in [5.41, 5.74) is 3.86. The van der Waals surface area contributed by atoms with Crippen LogP contribution in [0, 0.1) is 0 Å². The molecule has 0 saturated heterocycles. The summed E-state index contributed by atoms with van der Waals surface area (Å²) in [7, 11) is 0. The van der Waals surface area contributed by atoms with Crippen molar-refractivity contribution in [3.8, 4) is 39.6 Å². The smallest absolute Gasteiger partial charge is 0.335 e. The first-order chi connectivity index (χ1) is 20.4. The van der Waals surface area contributed by atoms with E-state index in [4.69, 9.17) is 14.9 Å². The van der Waals surface area contributed by atoms with Gasteiger partial charge in [0, 0.05) is 10.9 Å². The summed E-state index contributed by atoms with van der Waals surface area (Å²) < 4.78 is 7.14. The van der Waals surface area contributed by atoms with Crippen molar-refractivity contribution in [2.45, 2.75) is 0 Å². The zero-order valence-electron chi connectivity index (χ0n) is 22.0. The van der Waals surface area contributed by atoms with E-state index >= 15 is 0 Å². The van der Waals surface area contributed by atoms with Crippen LogP contribution in [0.25, 0.3) is 38.8 Å². The molecule has 0 radical (unpaired) electrons. The Morgan fingerprint density at radius 3 is 1.57 bits per heavy atom. The Hall–Kier alpha value is -6.02. The molecular formula is C34H22N2O6. The number of aromatic nitrogens is 2. The van der Waals surface area contributed by atoms with Gasteiger partial charge in [0.1, 0.15) is 11.5 Å². The predicted molar refractivity (Wildman–Crippen MR) is 159 cm³/mol. The molecule has 8 nitrogen and oxygen atoms in total. The zero-order valence-corrected chi connectivity index (χ0v) is 22.0. The van der Waals surface area contributed by atoms with E-state index in [2.05, 4.69) is 0 Å². The van der Waals surface area contributed by atoms with Crippen molar-refractivity contribution in [2.75, 3.05) is 0 Å². The number of nitrogens with zero attached hydrogens (tertiary/aromatic N) is 2. The third kappa shape index (κ3) is 5.12. The van der Waals surface area contributed by atoms with E-state index < -0.39 is 11.9 Å². The van der Waals surface area contributed by atoms with Crippen LogP contribution in [0.5, 0.6) is 11.5 Å². The fraction of sp³-hybridized carbons (Fsp3) is 0. The largest absolute Gasteiger partial charge is 0.478 e. The van der Waals surface area contributed by atoms with Gasteiger partial charge in [-0.25, -0.2) is 9.59 Å². The van der Waals surface area contributed by atoms with E-state index in [-0.39, 0.29) is 16.7 Å². The highest BCUT2D eigenvalue weighted by atomic mass is 16.5. The first-order valence-electron chi connectivity index (χ1n) is 13.0. The van der Waals surface area contributed by atoms with Crippen molar-refractivity contribution < 1.29 is 24.5 Å². The van der Waals surface area contributed by atoms with E-state index in [0.717, 1.165) is 16.7 Å². The second-order valence-corrected chi connectivity index (χ2v) is 9.50. The van der Waals surface area contributed by atoms with E-state index in [0.29, 0.717) is 33.7 Å². The van der Waals surface area contributed by atoms with E-state index in [1.165, 1.54) is 28.9 Å². The number of ether oxygens (including phenoxy) is 1. The Morgan fingerprint density at radius 1 is 0.571 bits per heavy atom. The van der Waals surface area contributed by atoms with Gasteiger partial charge in [-0.05, 0) is 77.9 Å². The van der Waals surface area contributed by atoms with Gasteiger partial charge in [-0.1, -0.05) is 54.6 Å². The molecule has 0 unspecified atom stereocenters. The highest BCUT2D eigenvalue weighted by Gasteiger charge is 2.14. The summed E-state index contributed by atoms with van der Waals surface area (Å²) in [6.07, 6.45) is 0. The summed E-state index contributed by atoms with van der Waals surface area (Å²) in [5, 5.41) is 24.2. The molecule has 5 aromatic carbocycles. The molecule has 0 atom stereocenters. The van der Waals surface area contributed by atoms with Crippen LogP contribution in [0.4, 0.5) is 0 Å². The van der Waals surface area contributed by atoms with Gasteiger partial charge < -0.3 is 14.9 Å². The van der Waals surface area contributed by atoms with Crippen molar-refractivity contribution in [3.05, 3.63) is 143 Å². The molecule has 0 amide bonds. The Balaban J connectivity index is 1.29. The number of hydrogen-bond donors (Lipinski definition) is 2. The van der Waals surface area contributed by atoms with E-state index in [1.807, 2.05) is 60.7 Å². The van der Waals surface area contributed by atoms with Crippen molar-refractivity contribution in [1.29, 1.82) is 0 Å². The SMILES string of the molecule is O=C(O)c1ccc(Oc2ccc(-c3ccc(-c4nn(-c5ccc(C(=O)O)cc5)c(=O)c5ccccc45)cc3)cc2)cc1. The molecule has 0 fully saturated rings. The molecule has 0 spiro atoms. The van der Waals surface area contributed by atoms with Crippen LogP contribution >= 0.6 is 0 Å². The highest BCUT2D eigenvalue weighted by molar-refractivity contribution is 5.94. The third-order valence-corrected chi connectivity index (χ3v) is 6.85. The van der Waals surface area contributed by atoms with Crippen molar-refractivity contribution in [2.24, 2.45) is 0 Å². The first kappa shape index (κ1) is 26.2. The van der Waals surface area contributed by atoms with Crippen molar-refractivity contribution in [1.82, 2.24) is 9.78 Å². The Bertz CT molecular complexity index is 2000. The summed E-state index contributed by atoms with van der Waals surface area (Å²) in [4.78, 5) is 35.6. The number of hydrogen-bond acceptors (Lipinski definition) is 5. The molecule has 8 heteroatoms. The van der Waals surface area contributed by atoms with Crippen LogP contribution in [-0.2, 0) is 0 Å². The van der Waals surface area contributed by atoms with Gasteiger partial charge in [0.25, 0.3) is 5.56 Å². The molecule has 1 aromatic heterocycles. The Morgan fingerprint density at radius 2 is 1.02 bits per heavy atom. The van der Waals surface area contributed by atoms with Gasteiger partial charge in [0.05, 0.1) is 27.9 Å². The monoisotopic (exact) mass is 554 g/mol. The number of carbonyl (C=O) groups is 2. The number of rotatable bonds is 7. The van der Waals surface area contributed by atoms with Gasteiger partial charge in [-0.3, -0.25) is 4.79 Å². The van der Waals surface area contributed by atoms with E-state index in [1.54, 1.807) is 36.4 Å². The van der Waals surface area contributed by atoms with Crippen LogP contribution in [0.15, 0.2) is 126 Å². The standard InChI is InChI=1S/C34H22N2O6/c37-32-30-4-2-1-3-29(30)31(35-36(32)26-15-9-24(10-16-26)33(38)39)23-7-5-21(6-8-23)22-11-17-27(18-12-22)42-28-19-13-25(14-20-28)34(40)41/h1-20H,(H,38,39)(H,40,41). The van der Waals surface area contributed by atoms with Crippen LogP contribution < -0.4 is 10.3 Å². The second kappa shape index (κ2) is 10.9. The van der Waals surface area contributed by atoms with Gasteiger partial charge in [0.15, 0.2) is 0 Å². The fourth-order valence-electron chi connectivity index (χ4n) is 4.66. The third-order valence-electron chi connectivity index (χ3n) is 6.85. The molecule has 6 aromatic rings. The molecule has 0 saturated carbocycles. The lowest BCUT2D eigenvalue weighted by atomic mass is 10.0. The highest BCUT2D eigenvalue weighted by Crippen LogP contribution is 2.30. The Labute approximate surface area is 239 Å². The summed E-state index contributed by atoms with van der Waals surface area (Å²) in [5.74, 6) is -0.880. The number of benzene rings is 5. The topological polar surface area (TPSA) is 119 Å². The summed E-state index contributed by atoms with van der Waals surface area (Å²) in [6, 6.07) is 34.9. The number of aromatic carboxylic acids is 2. The predicted octanol–water partition coefficient (Wildman–Crippen LogP) is 6.91. The minimum absolute atomic E-state index is 0.123. The maximum Gasteiger partial charge on any atom is 0.335 e. The quantitative estimate of drug-likeness (QED) is 0.220. The zero-order chi connectivity index (χ0) is 29.2. The molecule has 1 heterocycles. The van der Waals surface area contributed by atoms with Crippen LogP contribution in [-0.4, -0.2) is 31.9 Å². The maximum atomic E-state index is 13.3. The summed E-state index contributed by atoms with van der Waals surface area (Å²) in [6.45, 7) is 0. The van der Waals surface area contributed by atoms with Gasteiger partial charge in [-0.15, -0.1) is 0 Å². The molecule has 6 rings (SSSR count). The molecule has 0 bridgehead atoms. The van der Waals surface area contributed by atoms with Gasteiger partial charge in [0.2, 0.25) is 0 Å². The molecule has 0 aliphatic carbocycles. The van der Waals surface area contributed by atoms with Crippen molar-refractivity contribution >= 4 is 22.7 Å². The molecule has 0 aliphatic rings. The van der Waals surface area contributed by atoms with Crippen LogP contribution in [0.3, 0.4) is 0 Å². The van der Waals surface area contributed by atoms with Gasteiger partial charge in [-0.2, -0.15) is 9.78 Å². The van der Waals surface area contributed by atoms with Crippen LogP contribution in [0.1, 0.15) is 20.7 Å². The first-order valence-corrected chi connectivity index (χ1v) is 13.0. The normalized spacial score (nSPS) is 10.9. The Kier molecular flexibility index (Phi) is 6.78. The number of carboxylic acid groups (broad SMARTS) is 2. The molecule has 204 valence electrons. The summed E-state index contributed by atoms with van der Waals surface area (Å²) >= 11 is 0. The second-order valence-electron chi connectivity index (χ2n) is 9.50. The average Bonchev–Trinajstić information content (AvgIpc) is 3.02. The van der Waals surface area contributed by atoms with Crippen LogP contribution in [0.2, 0.25) is 0 Å².